The van der Waals surface area contributed by atoms with Gasteiger partial charge in [0.1, 0.15) is 22.8 Å². The molecule has 2 amide bonds. The van der Waals surface area contributed by atoms with Crippen LogP contribution in [0.25, 0.3) is 0 Å². The van der Waals surface area contributed by atoms with E-state index in [1.54, 1.807) is 36.0 Å². The number of halogens is 4. The number of nitrogens with zero attached hydrogens (tertiary/aromatic N) is 1. The molecule has 0 bridgehead atoms. The number of carbonyl (C=O) groups excluding carboxylic acids is 1. The highest BCUT2D eigenvalue weighted by molar-refractivity contribution is 8.00. The number of aryl methyl sites for hydroxylation is 1. The third-order valence-electron chi connectivity index (χ3n) is 5.50. The van der Waals surface area contributed by atoms with Gasteiger partial charge in [-0.2, -0.15) is 13.2 Å². The largest absolute Gasteiger partial charge is 0.457 e. The normalized spacial score (nSPS) is 15.1. The average Bonchev–Trinajstić information content (AvgIpc) is 3.09. The molecule has 1 aliphatic rings. The predicted octanol–water partition coefficient (Wildman–Crippen LogP) is 6.68. The standard InChI is InChI=1S/C24H22F4N4O2S/c1-12-10-19(13(2)21-20(12)32(3)22(29)35-21)34-16-7-5-15(6-8-16)30-23(33)31-18-11-14(24(26,27)28)4-9-17(18)25/h4-11,22H,29H2,1-3H3,(H2,30,31,33). The molecular weight excluding hydrogens is 484 g/mol. The van der Waals surface area contributed by atoms with Gasteiger partial charge in [0.25, 0.3) is 0 Å². The fourth-order valence-corrected chi connectivity index (χ4v) is 4.87. The molecule has 3 aromatic carbocycles. The van der Waals surface area contributed by atoms with Gasteiger partial charge < -0.3 is 26.0 Å². The van der Waals surface area contributed by atoms with Gasteiger partial charge in [0.15, 0.2) is 0 Å². The number of benzene rings is 3. The number of amides is 2. The van der Waals surface area contributed by atoms with Crippen molar-refractivity contribution in [2.45, 2.75) is 30.4 Å². The summed E-state index contributed by atoms with van der Waals surface area (Å²) >= 11 is 1.56. The van der Waals surface area contributed by atoms with E-state index in [1.807, 2.05) is 31.9 Å². The predicted molar refractivity (Wildman–Crippen MR) is 129 cm³/mol. The fraction of sp³-hybridized carbons (Fsp3) is 0.208. The number of carbonyl (C=O) groups is 1. The maximum Gasteiger partial charge on any atom is 0.416 e. The van der Waals surface area contributed by atoms with Crippen molar-refractivity contribution in [2.24, 2.45) is 5.73 Å². The van der Waals surface area contributed by atoms with Gasteiger partial charge in [0.2, 0.25) is 0 Å². The molecule has 6 nitrogen and oxygen atoms in total. The molecule has 4 rings (SSSR count). The minimum absolute atomic E-state index is 0.168. The number of alkyl halides is 3. The number of ether oxygens (including phenoxy) is 1. The fourth-order valence-electron chi connectivity index (χ4n) is 3.67. The van der Waals surface area contributed by atoms with Gasteiger partial charge >= 0.3 is 12.2 Å². The molecule has 0 saturated heterocycles. The van der Waals surface area contributed by atoms with Crippen LogP contribution in [0.5, 0.6) is 11.5 Å². The molecular formula is C24H22F4N4O2S. The Kier molecular flexibility index (Phi) is 6.56. The molecule has 11 heteroatoms. The Balaban J connectivity index is 1.44. The first kappa shape index (κ1) is 24.7. The Bertz CT molecular complexity index is 1280. The van der Waals surface area contributed by atoms with Crippen molar-refractivity contribution in [1.29, 1.82) is 0 Å². The molecule has 0 aromatic heterocycles. The molecule has 0 aliphatic carbocycles. The third kappa shape index (κ3) is 5.15. The summed E-state index contributed by atoms with van der Waals surface area (Å²) in [6, 6.07) is 9.23. The smallest absolute Gasteiger partial charge is 0.416 e. The molecule has 1 aliphatic heterocycles. The van der Waals surface area contributed by atoms with E-state index in [2.05, 4.69) is 10.6 Å². The SMILES string of the molecule is Cc1cc(Oc2ccc(NC(=O)Nc3cc(C(F)(F)F)ccc3F)cc2)c(C)c2c1N(C)C(N)S2. The zero-order chi connectivity index (χ0) is 25.5. The molecule has 184 valence electrons. The Labute approximate surface area is 203 Å². The molecule has 0 saturated carbocycles. The van der Waals surface area contributed by atoms with Gasteiger partial charge in [0.05, 0.1) is 16.9 Å². The Morgan fingerprint density at radius 1 is 1.09 bits per heavy atom. The summed E-state index contributed by atoms with van der Waals surface area (Å²) in [5.74, 6) is 0.208. The van der Waals surface area contributed by atoms with Gasteiger partial charge in [-0.1, -0.05) is 11.8 Å². The first-order valence-electron chi connectivity index (χ1n) is 10.5. The highest BCUT2D eigenvalue weighted by Crippen LogP contribution is 2.48. The van der Waals surface area contributed by atoms with Crippen molar-refractivity contribution in [2.75, 3.05) is 22.6 Å². The van der Waals surface area contributed by atoms with Crippen LogP contribution in [0.4, 0.5) is 39.4 Å². The van der Waals surface area contributed by atoms with E-state index in [0.717, 1.165) is 21.7 Å². The van der Waals surface area contributed by atoms with E-state index < -0.39 is 29.3 Å². The minimum atomic E-state index is -4.66. The van der Waals surface area contributed by atoms with E-state index in [1.165, 1.54) is 0 Å². The molecule has 0 spiro atoms. The minimum Gasteiger partial charge on any atom is -0.457 e. The molecule has 1 unspecified atom stereocenters. The quantitative estimate of drug-likeness (QED) is 0.344. The van der Waals surface area contributed by atoms with Gasteiger partial charge in [0, 0.05) is 23.2 Å². The van der Waals surface area contributed by atoms with Crippen molar-refractivity contribution in [3.8, 4) is 11.5 Å². The Morgan fingerprint density at radius 2 is 1.77 bits per heavy atom. The average molecular weight is 507 g/mol. The van der Waals surface area contributed by atoms with Gasteiger partial charge in [-0.25, -0.2) is 9.18 Å². The zero-order valence-electron chi connectivity index (χ0n) is 19.0. The van der Waals surface area contributed by atoms with Gasteiger partial charge in [-0.05, 0) is 67.9 Å². The zero-order valence-corrected chi connectivity index (χ0v) is 19.8. The van der Waals surface area contributed by atoms with Crippen molar-refractivity contribution >= 4 is 34.9 Å². The second-order valence-electron chi connectivity index (χ2n) is 8.01. The molecule has 1 heterocycles. The Hall–Kier alpha value is -3.44. The van der Waals surface area contributed by atoms with Crippen LogP contribution in [0, 0.1) is 19.7 Å². The van der Waals surface area contributed by atoms with Crippen LogP contribution >= 0.6 is 11.8 Å². The third-order valence-corrected chi connectivity index (χ3v) is 6.79. The van der Waals surface area contributed by atoms with E-state index >= 15 is 0 Å². The van der Waals surface area contributed by atoms with Crippen molar-refractivity contribution < 1.29 is 27.1 Å². The monoisotopic (exact) mass is 506 g/mol. The lowest BCUT2D eigenvalue weighted by Gasteiger charge is -2.20. The lowest BCUT2D eigenvalue weighted by atomic mass is 10.1. The summed E-state index contributed by atoms with van der Waals surface area (Å²) in [5.41, 5.74) is 7.73. The number of hydrogen-bond acceptors (Lipinski definition) is 5. The highest BCUT2D eigenvalue weighted by Gasteiger charge is 2.31. The molecule has 0 radical (unpaired) electrons. The topological polar surface area (TPSA) is 79.6 Å². The first-order valence-corrected chi connectivity index (χ1v) is 11.3. The van der Waals surface area contributed by atoms with E-state index in [4.69, 9.17) is 10.5 Å². The summed E-state index contributed by atoms with van der Waals surface area (Å²) in [4.78, 5) is 15.3. The molecule has 4 N–H and O–H groups in total. The molecule has 3 aromatic rings. The van der Waals surface area contributed by atoms with Crippen molar-refractivity contribution in [1.82, 2.24) is 0 Å². The number of fused-ring (bicyclic) bond motifs is 1. The van der Waals surface area contributed by atoms with Crippen LogP contribution in [-0.2, 0) is 6.18 Å². The van der Waals surface area contributed by atoms with E-state index in [0.29, 0.717) is 35.4 Å². The van der Waals surface area contributed by atoms with Crippen LogP contribution in [0.2, 0.25) is 0 Å². The van der Waals surface area contributed by atoms with Crippen molar-refractivity contribution in [3.05, 3.63) is 71.0 Å². The first-order chi connectivity index (χ1) is 16.4. The van der Waals surface area contributed by atoms with Crippen LogP contribution in [0.15, 0.2) is 53.4 Å². The summed E-state index contributed by atoms with van der Waals surface area (Å²) in [6.45, 7) is 3.94. The summed E-state index contributed by atoms with van der Waals surface area (Å²) < 4.78 is 58.5. The summed E-state index contributed by atoms with van der Waals surface area (Å²) in [5, 5.41) is 4.55. The lowest BCUT2D eigenvalue weighted by Crippen LogP contribution is -2.32. The number of hydrogen-bond donors (Lipinski definition) is 3. The number of anilines is 3. The lowest BCUT2D eigenvalue weighted by molar-refractivity contribution is -0.137. The van der Waals surface area contributed by atoms with Crippen LogP contribution < -0.4 is 26.0 Å². The van der Waals surface area contributed by atoms with Crippen LogP contribution in [0.1, 0.15) is 16.7 Å². The molecule has 0 fully saturated rings. The maximum absolute atomic E-state index is 13.9. The van der Waals surface area contributed by atoms with E-state index in [9.17, 15) is 22.4 Å². The van der Waals surface area contributed by atoms with Gasteiger partial charge in [-0.15, -0.1) is 0 Å². The van der Waals surface area contributed by atoms with Crippen molar-refractivity contribution in [3.63, 3.8) is 0 Å². The molecule has 35 heavy (non-hydrogen) atoms. The second-order valence-corrected chi connectivity index (χ2v) is 9.14. The summed E-state index contributed by atoms with van der Waals surface area (Å²) in [7, 11) is 1.94. The Morgan fingerprint density at radius 3 is 2.43 bits per heavy atom. The number of nitrogens with one attached hydrogen (secondary N) is 2. The van der Waals surface area contributed by atoms with E-state index in [-0.39, 0.29) is 5.50 Å². The van der Waals surface area contributed by atoms with Crippen LogP contribution in [0.3, 0.4) is 0 Å². The number of thioether (sulfide) groups is 1. The second kappa shape index (κ2) is 9.31. The van der Waals surface area contributed by atoms with Gasteiger partial charge in [-0.3, -0.25) is 0 Å². The van der Waals surface area contributed by atoms with Crippen LogP contribution in [-0.4, -0.2) is 18.6 Å². The number of nitrogens with two attached hydrogens (primary N) is 1. The highest BCUT2D eigenvalue weighted by atomic mass is 32.2. The molecule has 1 atom stereocenters. The summed E-state index contributed by atoms with van der Waals surface area (Å²) in [6.07, 6.45) is -4.66. The number of urea groups is 1. The number of rotatable bonds is 4. The maximum atomic E-state index is 13.9.